The molecule has 2 aromatic heterocycles. The van der Waals surface area contributed by atoms with Gasteiger partial charge in [0.1, 0.15) is 11.6 Å². The molecule has 122 valence electrons. The molecule has 1 aliphatic rings. The second-order valence-electron chi connectivity index (χ2n) is 5.71. The van der Waals surface area contributed by atoms with Crippen LogP contribution in [-0.2, 0) is 0 Å². The number of rotatable bonds is 4. The maximum atomic E-state index is 4.77. The standard InChI is InChI=1S/C18H20N6/c1-2-6-16(24-12-4-9-20-24)15(5-1)21-17-7-3-8-18(22-17)23-13-10-19-11-14-23/h1-9,12,19H,10-11,13-14H2,(H,21,22). The molecule has 2 N–H and O–H groups in total. The topological polar surface area (TPSA) is 58.0 Å². The molecule has 0 radical (unpaired) electrons. The van der Waals surface area contributed by atoms with Crippen molar-refractivity contribution in [3.05, 3.63) is 60.9 Å². The molecule has 0 spiro atoms. The summed E-state index contributed by atoms with van der Waals surface area (Å²) >= 11 is 0. The van der Waals surface area contributed by atoms with E-state index in [1.807, 2.05) is 53.3 Å². The summed E-state index contributed by atoms with van der Waals surface area (Å²) in [5.74, 6) is 1.85. The molecule has 1 aromatic carbocycles. The van der Waals surface area contributed by atoms with Crippen molar-refractivity contribution in [1.82, 2.24) is 20.1 Å². The van der Waals surface area contributed by atoms with E-state index in [0.717, 1.165) is 49.2 Å². The predicted octanol–water partition coefficient (Wildman–Crippen LogP) is 2.42. The van der Waals surface area contributed by atoms with Crippen molar-refractivity contribution in [3.63, 3.8) is 0 Å². The number of anilines is 3. The van der Waals surface area contributed by atoms with Crippen molar-refractivity contribution in [2.75, 3.05) is 36.4 Å². The second kappa shape index (κ2) is 6.72. The lowest BCUT2D eigenvalue weighted by Gasteiger charge is -2.28. The summed E-state index contributed by atoms with van der Waals surface area (Å²) < 4.78 is 1.85. The third kappa shape index (κ3) is 3.09. The maximum absolute atomic E-state index is 4.77. The molecule has 0 bridgehead atoms. The lowest BCUT2D eigenvalue weighted by atomic mass is 10.2. The highest BCUT2D eigenvalue weighted by atomic mass is 15.3. The summed E-state index contributed by atoms with van der Waals surface area (Å²) in [6.45, 7) is 3.98. The van der Waals surface area contributed by atoms with Gasteiger partial charge >= 0.3 is 0 Å². The van der Waals surface area contributed by atoms with Gasteiger partial charge in [0.05, 0.1) is 11.4 Å². The summed E-state index contributed by atoms with van der Waals surface area (Å²) in [6.07, 6.45) is 3.71. The van der Waals surface area contributed by atoms with Crippen LogP contribution in [0.3, 0.4) is 0 Å². The molecule has 6 nitrogen and oxygen atoms in total. The Bertz CT molecular complexity index is 793. The Kier molecular flexibility index (Phi) is 4.12. The number of benzene rings is 1. The number of pyridine rings is 1. The van der Waals surface area contributed by atoms with Crippen LogP contribution in [0.2, 0.25) is 0 Å². The third-order valence-electron chi connectivity index (χ3n) is 4.09. The molecule has 1 saturated heterocycles. The molecular formula is C18H20N6. The molecule has 3 heterocycles. The van der Waals surface area contributed by atoms with Gasteiger partial charge < -0.3 is 15.5 Å². The first kappa shape index (κ1) is 14.7. The van der Waals surface area contributed by atoms with Crippen molar-refractivity contribution in [1.29, 1.82) is 0 Å². The number of hydrogen-bond donors (Lipinski definition) is 2. The van der Waals surface area contributed by atoms with Crippen molar-refractivity contribution in [2.24, 2.45) is 0 Å². The summed E-state index contributed by atoms with van der Waals surface area (Å²) in [7, 11) is 0. The van der Waals surface area contributed by atoms with Gasteiger partial charge in [-0.05, 0) is 30.3 Å². The average Bonchev–Trinajstić information content (AvgIpc) is 3.18. The van der Waals surface area contributed by atoms with Gasteiger partial charge in [-0.3, -0.25) is 0 Å². The molecule has 0 saturated carbocycles. The molecule has 6 heteroatoms. The number of hydrogen-bond acceptors (Lipinski definition) is 5. The lowest BCUT2D eigenvalue weighted by Crippen LogP contribution is -2.43. The first-order valence-electron chi connectivity index (χ1n) is 8.19. The van der Waals surface area contributed by atoms with E-state index in [2.05, 4.69) is 26.7 Å². The van der Waals surface area contributed by atoms with Crippen LogP contribution >= 0.6 is 0 Å². The number of nitrogens with zero attached hydrogens (tertiary/aromatic N) is 4. The highest BCUT2D eigenvalue weighted by molar-refractivity contribution is 5.67. The summed E-state index contributed by atoms with van der Waals surface area (Å²) in [5.41, 5.74) is 1.98. The third-order valence-corrected chi connectivity index (χ3v) is 4.09. The SMILES string of the molecule is c1cc(Nc2ccccc2-n2cccn2)nc(N2CCNCC2)c1. The summed E-state index contributed by atoms with van der Waals surface area (Å²) in [4.78, 5) is 7.08. The van der Waals surface area contributed by atoms with Gasteiger partial charge in [0.2, 0.25) is 0 Å². The zero-order chi connectivity index (χ0) is 16.2. The van der Waals surface area contributed by atoms with E-state index < -0.39 is 0 Å². The lowest BCUT2D eigenvalue weighted by molar-refractivity contribution is 0.585. The summed E-state index contributed by atoms with van der Waals surface area (Å²) in [6, 6.07) is 16.1. The van der Waals surface area contributed by atoms with Crippen molar-refractivity contribution >= 4 is 17.3 Å². The Labute approximate surface area is 141 Å². The molecule has 0 atom stereocenters. The number of nitrogens with one attached hydrogen (secondary N) is 2. The van der Waals surface area contributed by atoms with Crippen molar-refractivity contribution in [2.45, 2.75) is 0 Å². The zero-order valence-electron chi connectivity index (χ0n) is 13.4. The monoisotopic (exact) mass is 320 g/mol. The van der Waals surface area contributed by atoms with Crippen LogP contribution in [0.5, 0.6) is 0 Å². The number of para-hydroxylation sites is 2. The Balaban J connectivity index is 1.60. The van der Waals surface area contributed by atoms with Crippen LogP contribution in [-0.4, -0.2) is 40.9 Å². The van der Waals surface area contributed by atoms with Gasteiger partial charge in [0.15, 0.2) is 0 Å². The van der Waals surface area contributed by atoms with E-state index >= 15 is 0 Å². The van der Waals surface area contributed by atoms with Gasteiger partial charge in [-0.2, -0.15) is 5.10 Å². The van der Waals surface area contributed by atoms with Crippen LogP contribution < -0.4 is 15.5 Å². The van der Waals surface area contributed by atoms with Gasteiger partial charge in [0.25, 0.3) is 0 Å². The van der Waals surface area contributed by atoms with E-state index in [4.69, 9.17) is 4.98 Å². The minimum absolute atomic E-state index is 0.839. The van der Waals surface area contributed by atoms with E-state index in [0.29, 0.717) is 0 Å². The minimum atomic E-state index is 0.839. The van der Waals surface area contributed by atoms with Gasteiger partial charge in [-0.1, -0.05) is 18.2 Å². The Morgan fingerprint density at radius 1 is 0.958 bits per heavy atom. The molecule has 4 rings (SSSR count). The minimum Gasteiger partial charge on any atom is -0.354 e. The Hall–Kier alpha value is -2.86. The maximum Gasteiger partial charge on any atom is 0.132 e. The van der Waals surface area contributed by atoms with E-state index in [1.54, 1.807) is 6.20 Å². The first-order valence-corrected chi connectivity index (χ1v) is 8.19. The van der Waals surface area contributed by atoms with Gasteiger partial charge in [-0.25, -0.2) is 9.67 Å². The fourth-order valence-corrected chi connectivity index (χ4v) is 2.89. The molecule has 0 aliphatic carbocycles. The van der Waals surface area contributed by atoms with Crippen LogP contribution in [0.25, 0.3) is 5.69 Å². The summed E-state index contributed by atoms with van der Waals surface area (Å²) in [5, 5.41) is 11.1. The van der Waals surface area contributed by atoms with E-state index in [-0.39, 0.29) is 0 Å². The molecule has 0 unspecified atom stereocenters. The molecule has 1 fully saturated rings. The zero-order valence-corrected chi connectivity index (χ0v) is 13.4. The smallest absolute Gasteiger partial charge is 0.132 e. The van der Waals surface area contributed by atoms with Crippen LogP contribution in [0, 0.1) is 0 Å². The largest absolute Gasteiger partial charge is 0.354 e. The van der Waals surface area contributed by atoms with Crippen LogP contribution in [0.1, 0.15) is 0 Å². The first-order chi connectivity index (χ1) is 11.9. The molecule has 3 aromatic rings. The van der Waals surface area contributed by atoms with Gasteiger partial charge in [-0.15, -0.1) is 0 Å². The molecule has 1 aliphatic heterocycles. The molecule has 0 amide bonds. The van der Waals surface area contributed by atoms with Crippen LogP contribution in [0.4, 0.5) is 17.3 Å². The van der Waals surface area contributed by atoms with Crippen molar-refractivity contribution < 1.29 is 0 Å². The average molecular weight is 320 g/mol. The normalized spacial score (nSPS) is 14.6. The molecular weight excluding hydrogens is 300 g/mol. The van der Waals surface area contributed by atoms with E-state index in [9.17, 15) is 0 Å². The van der Waals surface area contributed by atoms with Crippen molar-refractivity contribution in [3.8, 4) is 5.69 Å². The quantitative estimate of drug-likeness (QED) is 0.773. The Morgan fingerprint density at radius 2 is 1.83 bits per heavy atom. The van der Waals surface area contributed by atoms with Crippen LogP contribution in [0.15, 0.2) is 60.9 Å². The Morgan fingerprint density at radius 3 is 2.67 bits per heavy atom. The predicted molar refractivity (Wildman–Crippen MR) is 96.2 cm³/mol. The van der Waals surface area contributed by atoms with E-state index in [1.165, 1.54) is 0 Å². The fourth-order valence-electron chi connectivity index (χ4n) is 2.89. The fraction of sp³-hybridized carbons (Fsp3) is 0.222. The second-order valence-corrected chi connectivity index (χ2v) is 5.71. The highest BCUT2D eigenvalue weighted by Gasteiger charge is 2.12. The van der Waals surface area contributed by atoms with Gasteiger partial charge in [0, 0.05) is 38.6 Å². The highest BCUT2D eigenvalue weighted by Crippen LogP contribution is 2.24. The molecule has 24 heavy (non-hydrogen) atoms. The number of aromatic nitrogens is 3. The number of piperazine rings is 1.